The highest BCUT2D eigenvalue weighted by molar-refractivity contribution is 6.30. The molecule has 4 rings (SSSR count). The Bertz CT molecular complexity index is 1320. The van der Waals surface area contributed by atoms with Gasteiger partial charge in [-0.1, -0.05) is 41.9 Å². The highest BCUT2D eigenvalue weighted by Gasteiger charge is 2.33. The number of carbonyl (C=O) groups excluding carboxylic acids is 2. The zero-order valence-electron chi connectivity index (χ0n) is 18.7. The molecule has 0 radical (unpaired) electrons. The van der Waals surface area contributed by atoms with Gasteiger partial charge in [0, 0.05) is 5.02 Å². The summed E-state index contributed by atoms with van der Waals surface area (Å²) in [6.45, 7) is 0.268. The van der Waals surface area contributed by atoms with Crippen molar-refractivity contribution in [3.63, 3.8) is 0 Å². The van der Waals surface area contributed by atoms with Crippen molar-refractivity contribution < 1.29 is 29.0 Å². The van der Waals surface area contributed by atoms with Crippen LogP contribution in [0, 0.1) is 0 Å². The van der Waals surface area contributed by atoms with Gasteiger partial charge in [-0.25, -0.2) is 9.59 Å². The van der Waals surface area contributed by atoms with Gasteiger partial charge in [0.05, 0.1) is 19.2 Å². The average molecular weight is 493 g/mol. The van der Waals surface area contributed by atoms with Gasteiger partial charge in [-0.2, -0.15) is 0 Å². The maximum Gasteiger partial charge on any atom is 0.335 e. The normalized spacial score (nSPS) is 14.2. The second-order valence-corrected chi connectivity index (χ2v) is 8.15. The van der Waals surface area contributed by atoms with Crippen LogP contribution in [0.3, 0.4) is 0 Å². The monoisotopic (exact) mass is 492 g/mol. The first-order valence-corrected chi connectivity index (χ1v) is 10.9. The molecule has 1 heterocycles. The van der Waals surface area contributed by atoms with E-state index in [1.807, 2.05) is 0 Å². The molecule has 0 aliphatic carbocycles. The third-order valence-corrected chi connectivity index (χ3v) is 5.54. The van der Waals surface area contributed by atoms with Crippen molar-refractivity contribution in [2.24, 2.45) is 0 Å². The number of urea groups is 1. The summed E-state index contributed by atoms with van der Waals surface area (Å²) < 4.78 is 11.2. The molecular formula is C26H21ClN2O6. The molecule has 3 aromatic rings. The summed E-state index contributed by atoms with van der Waals surface area (Å²) >= 11 is 5.89. The summed E-state index contributed by atoms with van der Waals surface area (Å²) in [5, 5.41) is 12.3. The highest BCUT2D eigenvalue weighted by Crippen LogP contribution is 2.30. The van der Waals surface area contributed by atoms with Crippen LogP contribution in [0.15, 0.2) is 72.4 Å². The first kappa shape index (κ1) is 23.8. The van der Waals surface area contributed by atoms with E-state index < -0.39 is 17.9 Å². The molecule has 9 heteroatoms. The van der Waals surface area contributed by atoms with Gasteiger partial charge in [-0.05, 0) is 59.2 Å². The number of hydrogen-bond donors (Lipinski definition) is 2. The Morgan fingerprint density at radius 2 is 1.80 bits per heavy atom. The fourth-order valence-corrected chi connectivity index (χ4v) is 3.63. The summed E-state index contributed by atoms with van der Waals surface area (Å²) in [5.41, 5.74) is 2.41. The van der Waals surface area contributed by atoms with Crippen molar-refractivity contribution in [2.75, 3.05) is 7.11 Å². The Labute approximate surface area is 206 Å². The fraction of sp³-hybridized carbons (Fsp3) is 0.115. The minimum Gasteiger partial charge on any atom is -0.493 e. The van der Waals surface area contributed by atoms with E-state index in [4.69, 9.17) is 26.2 Å². The number of carboxylic acid groups (broad SMARTS) is 1. The van der Waals surface area contributed by atoms with Crippen molar-refractivity contribution in [3.8, 4) is 11.5 Å². The second-order valence-electron chi connectivity index (χ2n) is 7.71. The van der Waals surface area contributed by atoms with E-state index in [-0.39, 0.29) is 24.4 Å². The Morgan fingerprint density at radius 3 is 2.51 bits per heavy atom. The van der Waals surface area contributed by atoms with Gasteiger partial charge < -0.3 is 19.9 Å². The van der Waals surface area contributed by atoms with E-state index >= 15 is 0 Å². The second kappa shape index (κ2) is 10.3. The van der Waals surface area contributed by atoms with E-state index in [0.29, 0.717) is 27.6 Å². The van der Waals surface area contributed by atoms with Crippen LogP contribution in [0.1, 0.15) is 27.0 Å². The zero-order chi connectivity index (χ0) is 24.9. The molecule has 2 N–H and O–H groups in total. The molecule has 35 heavy (non-hydrogen) atoms. The smallest absolute Gasteiger partial charge is 0.335 e. The van der Waals surface area contributed by atoms with E-state index in [1.165, 1.54) is 19.2 Å². The van der Waals surface area contributed by atoms with Crippen LogP contribution in [0.4, 0.5) is 4.79 Å². The number of ether oxygens (including phenoxy) is 2. The number of carbonyl (C=O) groups is 3. The van der Waals surface area contributed by atoms with Gasteiger partial charge in [0.2, 0.25) is 0 Å². The van der Waals surface area contributed by atoms with E-state index in [9.17, 15) is 14.4 Å². The highest BCUT2D eigenvalue weighted by atomic mass is 35.5. The molecule has 0 aromatic heterocycles. The van der Waals surface area contributed by atoms with Gasteiger partial charge in [0.1, 0.15) is 12.3 Å². The summed E-state index contributed by atoms with van der Waals surface area (Å²) in [6.07, 6.45) is 1.56. The molecule has 8 nitrogen and oxygen atoms in total. The lowest BCUT2D eigenvalue weighted by Crippen LogP contribution is -2.30. The first-order chi connectivity index (χ1) is 16.8. The van der Waals surface area contributed by atoms with Crippen molar-refractivity contribution in [3.05, 3.63) is 99.7 Å². The Hall–Kier alpha value is -4.30. The molecule has 1 aliphatic heterocycles. The predicted molar refractivity (Wildman–Crippen MR) is 129 cm³/mol. The van der Waals surface area contributed by atoms with Crippen LogP contribution >= 0.6 is 11.6 Å². The van der Waals surface area contributed by atoms with Gasteiger partial charge in [-0.15, -0.1) is 0 Å². The fourth-order valence-electron chi connectivity index (χ4n) is 3.50. The minimum atomic E-state index is -1.01. The number of carboxylic acids is 1. The predicted octanol–water partition coefficient (Wildman–Crippen LogP) is 4.72. The van der Waals surface area contributed by atoms with E-state index in [2.05, 4.69) is 5.32 Å². The van der Waals surface area contributed by atoms with Crippen LogP contribution in [0.2, 0.25) is 5.02 Å². The number of nitrogens with one attached hydrogen (secondary N) is 1. The van der Waals surface area contributed by atoms with Crippen molar-refractivity contribution in [2.45, 2.75) is 13.2 Å². The van der Waals surface area contributed by atoms with Crippen LogP contribution in [0.5, 0.6) is 11.5 Å². The number of rotatable bonds is 8. The van der Waals surface area contributed by atoms with Gasteiger partial charge in [0.25, 0.3) is 5.91 Å². The molecule has 1 saturated heterocycles. The average Bonchev–Trinajstić information content (AvgIpc) is 3.11. The number of aromatic carboxylic acids is 1. The number of benzene rings is 3. The van der Waals surface area contributed by atoms with Crippen molar-refractivity contribution in [1.29, 1.82) is 0 Å². The molecule has 0 unspecified atom stereocenters. The topological polar surface area (TPSA) is 105 Å². The number of nitrogens with zero attached hydrogens (tertiary/aromatic N) is 1. The van der Waals surface area contributed by atoms with Gasteiger partial charge in [0.15, 0.2) is 11.5 Å². The lowest BCUT2D eigenvalue weighted by atomic mass is 10.1. The maximum atomic E-state index is 12.8. The third kappa shape index (κ3) is 5.62. The van der Waals surface area contributed by atoms with Crippen LogP contribution in [-0.2, 0) is 17.9 Å². The Morgan fingerprint density at radius 1 is 1.03 bits per heavy atom. The van der Waals surface area contributed by atoms with Crippen LogP contribution in [0.25, 0.3) is 6.08 Å². The van der Waals surface area contributed by atoms with Gasteiger partial charge in [-0.3, -0.25) is 9.69 Å². The first-order valence-electron chi connectivity index (χ1n) is 10.6. The summed E-state index contributed by atoms with van der Waals surface area (Å²) in [7, 11) is 1.49. The number of hydrogen-bond acceptors (Lipinski definition) is 5. The quantitative estimate of drug-likeness (QED) is 0.348. The Balaban J connectivity index is 1.47. The molecule has 3 amide bonds. The number of methoxy groups -OCH3 is 1. The minimum absolute atomic E-state index is 0.123. The molecule has 0 bridgehead atoms. The molecule has 178 valence electrons. The molecule has 1 aliphatic rings. The van der Waals surface area contributed by atoms with E-state index in [0.717, 1.165) is 10.5 Å². The number of amides is 3. The van der Waals surface area contributed by atoms with Crippen LogP contribution < -0.4 is 14.8 Å². The van der Waals surface area contributed by atoms with Crippen molar-refractivity contribution in [1.82, 2.24) is 10.2 Å². The Kier molecular flexibility index (Phi) is 7.03. The number of imide groups is 1. The lowest BCUT2D eigenvalue weighted by Gasteiger charge is -2.12. The number of halogens is 1. The van der Waals surface area contributed by atoms with Gasteiger partial charge >= 0.3 is 12.0 Å². The molecular weight excluding hydrogens is 472 g/mol. The summed E-state index contributed by atoms with van der Waals surface area (Å²) in [4.78, 5) is 37.4. The molecule has 1 fully saturated rings. The maximum absolute atomic E-state index is 12.8. The summed E-state index contributed by atoms with van der Waals surface area (Å²) in [6, 6.07) is 17.9. The third-order valence-electron chi connectivity index (χ3n) is 5.28. The zero-order valence-corrected chi connectivity index (χ0v) is 19.4. The molecule has 3 aromatic carbocycles. The molecule has 0 atom stereocenters. The summed E-state index contributed by atoms with van der Waals surface area (Å²) in [5.74, 6) is -0.588. The lowest BCUT2D eigenvalue weighted by molar-refractivity contribution is -0.123. The largest absolute Gasteiger partial charge is 0.493 e. The molecule has 0 saturated carbocycles. The van der Waals surface area contributed by atoms with E-state index in [1.54, 1.807) is 60.7 Å². The SMILES string of the molecule is COc1cc(C=C2NC(=O)N(Cc3ccc(Cl)cc3)C2=O)ccc1OCc1cccc(C(=O)O)c1. The van der Waals surface area contributed by atoms with Crippen molar-refractivity contribution >= 4 is 35.6 Å². The standard InChI is InChI=1S/C26H21ClN2O6/c1-34-23-13-17(7-10-22(23)35-15-18-3-2-4-19(11-18)25(31)32)12-21-24(30)29(26(33)28-21)14-16-5-8-20(27)9-6-16/h2-13H,14-15H2,1H3,(H,28,33)(H,31,32). The van der Waals surface area contributed by atoms with Crippen LogP contribution in [-0.4, -0.2) is 35.0 Å². The molecule has 0 spiro atoms.